The number of nitrogens with one attached hydrogen (secondary N) is 1. The zero-order chi connectivity index (χ0) is 14.2. The Bertz CT molecular complexity index is 408. The lowest BCUT2D eigenvalue weighted by Crippen LogP contribution is -2.33. The first-order chi connectivity index (χ1) is 9.81. The molecule has 1 aliphatic rings. The maximum absolute atomic E-state index is 11.8. The van der Waals surface area contributed by atoms with E-state index < -0.39 is 0 Å². The number of carbonyl (C=O) groups is 1. The van der Waals surface area contributed by atoms with Crippen LogP contribution in [0.15, 0.2) is 30.3 Å². The molecule has 1 amide bonds. The fourth-order valence-corrected chi connectivity index (χ4v) is 2.73. The van der Waals surface area contributed by atoms with Gasteiger partial charge in [0.15, 0.2) is 0 Å². The minimum atomic E-state index is 0.00000669. The second-order valence-corrected chi connectivity index (χ2v) is 5.34. The normalized spacial score (nSPS) is 19.1. The van der Waals surface area contributed by atoms with Crippen molar-refractivity contribution >= 4 is 5.91 Å². The van der Waals surface area contributed by atoms with Gasteiger partial charge in [-0.2, -0.15) is 0 Å². The van der Waals surface area contributed by atoms with Crippen LogP contribution >= 0.6 is 0 Å². The van der Waals surface area contributed by atoms with Crippen LogP contribution in [0.3, 0.4) is 0 Å². The van der Waals surface area contributed by atoms with Crippen molar-refractivity contribution in [2.45, 2.75) is 31.7 Å². The topological polar surface area (TPSA) is 52.6 Å². The first-order valence-corrected chi connectivity index (χ1v) is 7.49. The van der Waals surface area contributed by atoms with E-state index in [1.54, 1.807) is 0 Å². The molecule has 1 heterocycles. The van der Waals surface area contributed by atoms with E-state index in [2.05, 4.69) is 10.2 Å². The molecule has 1 aliphatic heterocycles. The highest BCUT2D eigenvalue weighted by Crippen LogP contribution is 2.16. The molecule has 1 fully saturated rings. The lowest BCUT2D eigenvalue weighted by Gasteiger charge is -2.22. The van der Waals surface area contributed by atoms with Crippen LogP contribution in [-0.2, 0) is 0 Å². The summed E-state index contributed by atoms with van der Waals surface area (Å²) in [7, 11) is 0. The van der Waals surface area contributed by atoms with Gasteiger partial charge in [-0.25, -0.2) is 0 Å². The van der Waals surface area contributed by atoms with Crippen molar-refractivity contribution in [1.82, 2.24) is 10.2 Å². The van der Waals surface area contributed by atoms with Crippen molar-refractivity contribution in [3.63, 3.8) is 0 Å². The predicted molar refractivity (Wildman–Crippen MR) is 79.7 cm³/mol. The van der Waals surface area contributed by atoms with Crippen molar-refractivity contribution in [2.24, 2.45) is 0 Å². The number of aliphatic hydroxyl groups excluding tert-OH is 1. The number of nitrogens with zero attached hydrogens (tertiary/aromatic N) is 1. The van der Waals surface area contributed by atoms with Crippen molar-refractivity contribution in [1.29, 1.82) is 0 Å². The minimum absolute atomic E-state index is 0.00000669. The fourth-order valence-electron chi connectivity index (χ4n) is 2.73. The van der Waals surface area contributed by atoms with E-state index in [0.29, 0.717) is 18.2 Å². The lowest BCUT2D eigenvalue weighted by atomic mass is 10.2. The highest BCUT2D eigenvalue weighted by molar-refractivity contribution is 5.94. The molecule has 0 saturated carbocycles. The number of rotatable bonds is 7. The van der Waals surface area contributed by atoms with Crippen LogP contribution in [0.4, 0.5) is 0 Å². The molecule has 0 radical (unpaired) electrons. The Morgan fingerprint density at radius 2 is 2.10 bits per heavy atom. The summed E-state index contributed by atoms with van der Waals surface area (Å²) >= 11 is 0. The molecule has 1 aromatic rings. The third kappa shape index (κ3) is 4.32. The zero-order valence-corrected chi connectivity index (χ0v) is 11.9. The van der Waals surface area contributed by atoms with Gasteiger partial charge in [-0.15, -0.1) is 0 Å². The lowest BCUT2D eigenvalue weighted by molar-refractivity contribution is 0.0952. The summed E-state index contributed by atoms with van der Waals surface area (Å²) in [6, 6.07) is 9.66. The van der Waals surface area contributed by atoms with E-state index in [0.717, 1.165) is 32.4 Å². The SMILES string of the molecule is O=C(NCCCCN1CCCC1CO)c1ccccc1. The molecule has 20 heavy (non-hydrogen) atoms. The highest BCUT2D eigenvalue weighted by Gasteiger charge is 2.22. The smallest absolute Gasteiger partial charge is 0.251 e. The molecule has 0 aromatic heterocycles. The van der Waals surface area contributed by atoms with Gasteiger partial charge in [-0.1, -0.05) is 18.2 Å². The summed E-state index contributed by atoms with van der Waals surface area (Å²) in [4.78, 5) is 14.2. The summed E-state index contributed by atoms with van der Waals surface area (Å²) in [5.41, 5.74) is 0.715. The van der Waals surface area contributed by atoms with Crippen LogP contribution in [-0.4, -0.2) is 48.2 Å². The molecule has 110 valence electrons. The van der Waals surface area contributed by atoms with Gasteiger partial charge in [0, 0.05) is 18.2 Å². The highest BCUT2D eigenvalue weighted by atomic mass is 16.3. The van der Waals surface area contributed by atoms with E-state index in [9.17, 15) is 9.90 Å². The molecule has 4 heteroatoms. The summed E-state index contributed by atoms with van der Waals surface area (Å²) in [5, 5.41) is 12.2. The number of amides is 1. The third-order valence-electron chi connectivity index (χ3n) is 3.90. The number of unbranched alkanes of at least 4 members (excludes halogenated alkanes) is 1. The number of benzene rings is 1. The average molecular weight is 276 g/mol. The number of likely N-dealkylation sites (tertiary alicyclic amines) is 1. The summed E-state index contributed by atoms with van der Waals surface area (Å²) < 4.78 is 0. The number of hydrogen-bond acceptors (Lipinski definition) is 3. The summed E-state index contributed by atoms with van der Waals surface area (Å²) in [6.45, 7) is 3.10. The summed E-state index contributed by atoms with van der Waals surface area (Å²) in [6.07, 6.45) is 4.34. The van der Waals surface area contributed by atoms with Crippen LogP contribution in [0.5, 0.6) is 0 Å². The van der Waals surface area contributed by atoms with E-state index in [1.165, 1.54) is 6.42 Å². The molecule has 1 atom stereocenters. The van der Waals surface area contributed by atoms with Gasteiger partial charge in [0.2, 0.25) is 0 Å². The third-order valence-corrected chi connectivity index (χ3v) is 3.90. The molecule has 0 bridgehead atoms. The molecule has 2 N–H and O–H groups in total. The molecule has 0 spiro atoms. The Hall–Kier alpha value is -1.39. The van der Waals surface area contributed by atoms with Crippen LogP contribution in [0.1, 0.15) is 36.0 Å². The number of hydrogen-bond donors (Lipinski definition) is 2. The Morgan fingerprint density at radius 3 is 2.85 bits per heavy atom. The molecular weight excluding hydrogens is 252 g/mol. The van der Waals surface area contributed by atoms with Crippen molar-refractivity contribution < 1.29 is 9.90 Å². The zero-order valence-electron chi connectivity index (χ0n) is 11.9. The van der Waals surface area contributed by atoms with Gasteiger partial charge in [0.05, 0.1) is 6.61 Å². The van der Waals surface area contributed by atoms with Crippen molar-refractivity contribution in [3.05, 3.63) is 35.9 Å². The van der Waals surface area contributed by atoms with Gasteiger partial charge < -0.3 is 10.4 Å². The standard InChI is InChI=1S/C16H24N2O2/c19-13-15-9-6-12-18(15)11-5-4-10-17-16(20)14-7-2-1-3-8-14/h1-3,7-8,15,19H,4-6,9-13H2,(H,17,20). The van der Waals surface area contributed by atoms with Gasteiger partial charge in [-0.3, -0.25) is 9.69 Å². The van der Waals surface area contributed by atoms with Crippen molar-refractivity contribution in [3.8, 4) is 0 Å². The maximum Gasteiger partial charge on any atom is 0.251 e. The van der Waals surface area contributed by atoms with Crippen molar-refractivity contribution in [2.75, 3.05) is 26.2 Å². The molecule has 1 unspecified atom stereocenters. The summed E-state index contributed by atoms with van der Waals surface area (Å²) in [5.74, 6) is 0.00000669. The fraction of sp³-hybridized carbons (Fsp3) is 0.562. The number of aliphatic hydroxyl groups is 1. The Labute approximate surface area is 120 Å². The molecule has 1 aromatic carbocycles. The van der Waals surface area contributed by atoms with Gasteiger partial charge >= 0.3 is 0 Å². The van der Waals surface area contributed by atoms with Crippen LogP contribution in [0, 0.1) is 0 Å². The second-order valence-electron chi connectivity index (χ2n) is 5.34. The maximum atomic E-state index is 11.8. The van der Waals surface area contributed by atoms with E-state index in [4.69, 9.17) is 0 Å². The Morgan fingerprint density at radius 1 is 1.30 bits per heavy atom. The molecule has 0 aliphatic carbocycles. The minimum Gasteiger partial charge on any atom is -0.395 e. The van der Waals surface area contributed by atoms with E-state index in [1.807, 2.05) is 30.3 Å². The largest absolute Gasteiger partial charge is 0.395 e. The first kappa shape index (κ1) is 15.0. The van der Waals surface area contributed by atoms with E-state index >= 15 is 0 Å². The second kappa shape index (κ2) is 8.02. The van der Waals surface area contributed by atoms with Crippen LogP contribution in [0.25, 0.3) is 0 Å². The molecule has 4 nitrogen and oxygen atoms in total. The first-order valence-electron chi connectivity index (χ1n) is 7.49. The predicted octanol–water partition coefficient (Wildman–Crippen LogP) is 1.65. The number of carbonyl (C=O) groups excluding carboxylic acids is 1. The van der Waals surface area contributed by atoms with Gasteiger partial charge in [0.1, 0.15) is 0 Å². The van der Waals surface area contributed by atoms with Gasteiger partial charge in [0.25, 0.3) is 5.91 Å². The van der Waals surface area contributed by atoms with E-state index in [-0.39, 0.29) is 12.5 Å². The Balaban J connectivity index is 1.59. The Kier molecular flexibility index (Phi) is 6.02. The molecule has 2 rings (SSSR count). The molecule has 1 saturated heterocycles. The van der Waals surface area contributed by atoms with Gasteiger partial charge in [-0.05, 0) is 50.9 Å². The van der Waals surface area contributed by atoms with Crippen LogP contribution in [0.2, 0.25) is 0 Å². The molecular formula is C16H24N2O2. The quantitative estimate of drug-likeness (QED) is 0.745. The van der Waals surface area contributed by atoms with Crippen LogP contribution < -0.4 is 5.32 Å². The monoisotopic (exact) mass is 276 g/mol. The average Bonchev–Trinajstić information content (AvgIpc) is 2.95.